The van der Waals surface area contributed by atoms with E-state index in [0.29, 0.717) is 43.7 Å². The molecule has 3 rings (SSSR count). The summed E-state index contributed by atoms with van der Waals surface area (Å²) in [5.41, 5.74) is 0.478. The van der Waals surface area contributed by atoms with Crippen LogP contribution in [-0.4, -0.2) is 26.4 Å². The first-order valence-corrected chi connectivity index (χ1v) is 10.6. The number of benzene rings is 1. The number of amides is 1. The van der Waals surface area contributed by atoms with Crippen molar-refractivity contribution in [1.82, 2.24) is 14.8 Å². The standard InChI is InChI=1S/C17H15BrCl2N4O2S/c1-2-7-24-16(13-5-6-14(18)26-13)22-23-17(24)27-9-15(25)21-12-8-10(19)3-4-11(12)20/h3-6,8H,2,7,9H2,1H3,(H,21,25). The summed E-state index contributed by atoms with van der Waals surface area (Å²) in [6.07, 6.45) is 0.894. The van der Waals surface area contributed by atoms with Crippen LogP contribution >= 0.6 is 50.9 Å². The molecule has 0 atom stereocenters. The zero-order chi connectivity index (χ0) is 19.4. The van der Waals surface area contributed by atoms with Crippen molar-refractivity contribution in [1.29, 1.82) is 0 Å². The van der Waals surface area contributed by atoms with Gasteiger partial charge < -0.3 is 9.73 Å². The molecule has 0 aliphatic heterocycles. The van der Waals surface area contributed by atoms with Gasteiger partial charge in [-0.15, -0.1) is 10.2 Å². The number of halogens is 3. The molecular weight excluding hydrogens is 475 g/mol. The lowest BCUT2D eigenvalue weighted by atomic mass is 10.3. The van der Waals surface area contributed by atoms with E-state index in [1.54, 1.807) is 24.3 Å². The number of nitrogens with zero attached hydrogens (tertiary/aromatic N) is 3. The third kappa shape index (κ3) is 5.07. The van der Waals surface area contributed by atoms with Crippen molar-refractivity contribution in [3.8, 4) is 11.6 Å². The van der Waals surface area contributed by atoms with E-state index < -0.39 is 0 Å². The summed E-state index contributed by atoms with van der Waals surface area (Å²) in [7, 11) is 0. The Morgan fingerprint density at radius 2 is 2.11 bits per heavy atom. The summed E-state index contributed by atoms with van der Waals surface area (Å²) in [6.45, 7) is 2.77. The van der Waals surface area contributed by atoms with Crippen LogP contribution in [0.25, 0.3) is 11.6 Å². The van der Waals surface area contributed by atoms with Gasteiger partial charge in [0, 0.05) is 11.6 Å². The van der Waals surface area contributed by atoms with Crippen LogP contribution in [0.2, 0.25) is 10.0 Å². The molecule has 142 valence electrons. The smallest absolute Gasteiger partial charge is 0.234 e. The van der Waals surface area contributed by atoms with Crippen molar-refractivity contribution in [3.63, 3.8) is 0 Å². The van der Waals surface area contributed by atoms with E-state index in [4.69, 9.17) is 27.6 Å². The molecule has 1 aromatic carbocycles. The highest BCUT2D eigenvalue weighted by molar-refractivity contribution is 9.10. The van der Waals surface area contributed by atoms with Crippen molar-refractivity contribution < 1.29 is 9.21 Å². The first-order chi connectivity index (χ1) is 13.0. The van der Waals surface area contributed by atoms with Crippen LogP contribution in [0.4, 0.5) is 5.69 Å². The third-order valence-corrected chi connectivity index (χ3v) is 5.45. The zero-order valence-corrected chi connectivity index (χ0v) is 18.1. The van der Waals surface area contributed by atoms with Crippen LogP contribution in [0, 0.1) is 0 Å². The van der Waals surface area contributed by atoms with E-state index in [1.807, 2.05) is 10.6 Å². The summed E-state index contributed by atoms with van der Waals surface area (Å²) in [6, 6.07) is 8.53. The van der Waals surface area contributed by atoms with Crippen molar-refractivity contribution in [2.75, 3.05) is 11.1 Å². The molecule has 0 radical (unpaired) electrons. The maximum atomic E-state index is 12.3. The van der Waals surface area contributed by atoms with Crippen LogP contribution < -0.4 is 5.32 Å². The molecule has 1 amide bonds. The fraction of sp³-hybridized carbons (Fsp3) is 0.235. The number of anilines is 1. The van der Waals surface area contributed by atoms with Crippen LogP contribution in [0.1, 0.15) is 13.3 Å². The number of thioether (sulfide) groups is 1. The topological polar surface area (TPSA) is 73.0 Å². The van der Waals surface area contributed by atoms with Crippen molar-refractivity contribution >= 4 is 62.5 Å². The lowest BCUT2D eigenvalue weighted by molar-refractivity contribution is -0.113. The summed E-state index contributed by atoms with van der Waals surface area (Å²) in [5, 5.41) is 12.7. The van der Waals surface area contributed by atoms with E-state index >= 15 is 0 Å². The van der Waals surface area contributed by atoms with Crippen LogP contribution in [0.15, 0.2) is 44.6 Å². The second-order valence-corrected chi connectivity index (χ2v) is 8.09. The fourth-order valence-electron chi connectivity index (χ4n) is 2.35. The largest absolute Gasteiger partial charge is 0.446 e. The van der Waals surface area contributed by atoms with Crippen LogP contribution in [0.3, 0.4) is 0 Å². The molecule has 0 unspecified atom stereocenters. The quantitative estimate of drug-likeness (QED) is 0.428. The van der Waals surface area contributed by atoms with E-state index in [9.17, 15) is 4.79 Å². The van der Waals surface area contributed by atoms with Gasteiger partial charge in [-0.1, -0.05) is 41.9 Å². The molecule has 27 heavy (non-hydrogen) atoms. The molecule has 2 heterocycles. The second kappa shape index (κ2) is 9.14. The van der Waals surface area contributed by atoms with Gasteiger partial charge in [-0.25, -0.2) is 0 Å². The van der Waals surface area contributed by atoms with Gasteiger partial charge >= 0.3 is 0 Å². The Balaban J connectivity index is 1.71. The first kappa shape index (κ1) is 20.3. The van der Waals surface area contributed by atoms with Gasteiger partial charge in [0.25, 0.3) is 0 Å². The van der Waals surface area contributed by atoms with E-state index in [1.165, 1.54) is 11.8 Å². The minimum Gasteiger partial charge on any atom is -0.446 e. The highest BCUT2D eigenvalue weighted by Crippen LogP contribution is 2.28. The summed E-state index contributed by atoms with van der Waals surface area (Å²) >= 11 is 16.6. The Morgan fingerprint density at radius 1 is 1.30 bits per heavy atom. The predicted molar refractivity (Wildman–Crippen MR) is 112 cm³/mol. The lowest BCUT2D eigenvalue weighted by Crippen LogP contribution is -2.15. The van der Waals surface area contributed by atoms with E-state index in [0.717, 1.165) is 6.42 Å². The van der Waals surface area contributed by atoms with Crippen LogP contribution in [-0.2, 0) is 11.3 Å². The predicted octanol–water partition coefficient (Wildman–Crippen LogP) is 5.75. The summed E-state index contributed by atoms with van der Waals surface area (Å²) < 4.78 is 8.14. The van der Waals surface area contributed by atoms with Gasteiger partial charge in [-0.2, -0.15) is 0 Å². The van der Waals surface area contributed by atoms with Gasteiger partial charge in [-0.05, 0) is 52.7 Å². The number of nitrogens with one attached hydrogen (secondary N) is 1. The molecule has 0 fully saturated rings. The Bertz CT molecular complexity index is 960. The van der Waals surface area contributed by atoms with Crippen molar-refractivity contribution in [2.45, 2.75) is 25.0 Å². The molecule has 1 N–H and O–H groups in total. The summed E-state index contributed by atoms with van der Waals surface area (Å²) in [5.74, 6) is 1.19. The minimum absolute atomic E-state index is 0.159. The molecule has 3 aromatic rings. The molecule has 0 aliphatic carbocycles. The maximum absolute atomic E-state index is 12.3. The van der Waals surface area contributed by atoms with Gasteiger partial charge in [0.2, 0.25) is 11.7 Å². The number of hydrogen-bond donors (Lipinski definition) is 1. The highest BCUT2D eigenvalue weighted by atomic mass is 79.9. The number of rotatable bonds is 7. The zero-order valence-electron chi connectivity index (χ0n) is 14.2. The number of carbonyl (C=O) groups excluding carboxylic acids is 1. The monoisotopic (exact) mass is 488 g/mol. The maximum Gasteiger partial charge on any atom is 0.234 e. The van der Waals surface area contributed by atoms with E-state index in [-0.39, 0.29) is 11.7 Å². The molecule has 2 aromatic heterocycles. The fourth-order valence-corrected chi connectivity index (χ4v) is 3.76. The Labute approximate surface area is 178 Å². The molecule has 0 saturated carbocycles. The highest BCUT2D eigenvalue weighted by Gasteiger charge is 2.18. The van der Waals surface area contributed by atoms with Crippen molar-refractivity contribution in [3.05, 3.63) is 45.0 Å². The Morgan fingerprint density at radius 3 is 2.81 bits per heavy atom. The SMILES string of the molecule is CCCn1c(SCC(=O)Nc2cc(Cl)ccc2Cl)nnc1-c1ccc(Br)o1. The second-order valence-electron chi connectivity index (χ2n) is 5.52. The van der Waals surface area contributed by atoms with Gasteiger partial charge in [0.1, 0.15) is 0 Å². The minimum atomic E-state index is -0.211. The molecule has 0 aliphatic rings. The molecular formula is C17H15BrCl2N4O2S. The molecule has 0 spiro atoms. The average Bonchev–Trinajstić information content (AvgIpc) is 3.23. The molecule has 10 heteroatoms. The lowest BCUT2D eigenvalue weighted by Gasteiger charge is -2.09. The Hall–Kier alpha value is -1.48. The number of hydrogen-bond acceptors (Lipinski definition) is 5. The number of carbonyl (C=O) groups is 1. The average molecular weight is 490 g/mol. The molecule has 0 saturated heterocycles. The molecule has 0 bridgehead atoms. The molecule has 6 nitrogen and oxygen atoms in total. The van der Waals surface area contributed by atoms with Gasteiger partial charge in [0.15, 0.2) is 15.6 Å². The normalized spacial score (nSPS) is 11.0. The Kier molecular flexibility index (Phi) is 6.86. The summed E-state index contributed by atoms with van der Waals surface area (Å²) in [4.78, 5) is 12.3. The van der Waals surface area contributed by atoms with E-state index in [2.05, 4.69) is 38.4 Å². The van der Waals surface area contributed by atoms with Crippen molar-refractivity contribution in [2.24, 2.45) is 0 Å². The van der Waals surface area contributed by atoms with Gasteiger partial charge in [0.05, 0.1) is 16.5 Å². The first-order valence-electron chi connectivity index (χ1n) is 8.04. The van der Waals surface area contributed by atoms with Gasteiger partial charge in [-0.3, -0.25) is 9.36 Å². The van der Waals surface area contributed by atoms with Crippen LogP contribution in [0.5, 0.6) is 0 Å². The third-order valence-electron chi connectivity index (χ3n) is 3.49. The number of aromatic nitrogens is 3. The number of furan rings is 1.